The van der Waals surface area contributed by atoms with Crippen molar-refractivity contribution in [2.45, 2.75) is 44.6 Å². The van der Waals surface area contributed by atoms with Gasteiger partial charge in [0.1, 0.15) is 0 Å². The Morgan fingerprint density at radius 3 is 2.89 bits per heavy atom. The summed E-state index contributed by atoms with van der Waals surface area (Å²) in [6, 6.07) is 0.235. The predicted molar refractivity (Wildman–Crippen MR) is 69.1 cm³/mol. The minimum atomic E-state index is 0.121. The summed E-state index contributed by atoms with van der Waals surface area (Å²) in [5.74, 6) is 0.369. The van der Waals surface area contributed by atoms with Gasteiger partial charge in [-0.2, -0.15) is 0 Å². The molecule has 2 heterocycles. The zero-order valence-corrected chi connectivity index (χ0v) is 10.9. The molecule has 1 unspecified atom stereocenters. The van der Waals surface area contributed by atoms with Crippen LogP contribution in [-0.2, 0) is 9.59 Å². The zero-order valence-electron chi connectivity index (χ0n) is 10.9. The van der Waals surface area contributed by atoms with Crippen LogP contribution in [0.15, 0.2) is 0 Å². The molecule has 1 atom stereocenters. The van der Waals surface area contributed by atoms with Gasteiger partial charge in [-0.05, 0) is 25.7 Å². The summed E-state index contributed by atoms with van der Waals surface area (Å²) in [5.41, 5.74) is 0. The number of carbonyl (C=O) groups excluding carboxylic acids is 2. The average molecular weight is 253 g/mol. The summed E-state index contributed by atoms with van der Waals surface area (Å²) in [4.78, 5) is 25.1. The molecule has 2 aliphatic rings. The van der Waals surface area contributed by atoms with E-state index in [-0.39, 0.29) is 17.9 Å². The predicted octanol–water partition coefficient (Wildman–Crippen LogP) is 0.257. The lowest BCUT2D eigenvalue weighted by atomic mass is 10.1. The fraction of sp³-hybridized carbons (Fsp3) is 0.846. The third kappa shape index (κ3) is 3.98. The Morgan fingerprint density at radius 2 is 2.11 bits per heavy atom. The molecule has 2 aliphatic heterocycles. The summed E-state index contributed by atoms with van der Waals surface area (Å²) in [6.45, 7) is 3.31. The fourth-order valence-electron chi connectivity index (χ4n) is 2.66. The summed E-state index contributed by atoms with van der Waals surface area (Å²) < 4.78 is 0. The molecule has 0 spiro atoms. The number of amides is 2. The zero-order chi connectivity index (χ0) is 12.8. The fourth-order valence-corrected chi connectivity index (χ4v) is 2.66. The van der Waals surface area contributed by atoms with Gasteiger partial charge in [0.25, 0.3) is 0 Å². The largest absolute Gasteiger partial charge is 0.356 e. The van der Waals surface area contributed by atoms with Crippen LogP contribution in [-0.4, -0.2) is 48.9 Å². The number of nitrogens with zero attached hydrogens (tertiary/aromatic N) is 1. The molecule has 0 saturated carbocycles. The van der Waals surface area contributed by atoms with E-state index < -0.39 is 0 Å². The maximum atomic E-state index is 11.8. The molecule has 0 aliphatic carbocycles. The standard InChI is InChI=1S/C13H23N3O2/c17-12-10-11(4-3-6-15-12)14-7-5-13(18)16-8-1-2-9-16/h11,14H,1-10H2,(H,15,17). The quantitative estimate of drug-likeness (QED) is 0.755. The molecule has 5 nitrogen and oxygen atoms in total. The lowest BCUT2D eigenvalue weighted by Gasteiger charge is -2.18. The number of nitrogens with one attached hydrogen (secondary N) is 2. The first-order chi connectivity index (χ1) is 8.75. The number of carbonyl (C=O) groups is 2. The highest BCUT2D eigenvalue weighted by Crippen LogP contribution is 2.09. The van der Waals surface area contributed by atoms with E-state index in [9.17, 15) is 9.59 Å². The van der Waals surface area contributed by atoms with Crippen molar-refractivity contribution in [3.63, 3.8) is 0 Å². The first-order valence-electron chi connectivity index (χ1n) is 7.03. The molecule has 0 aromatic rings. The number of hydrogen-bond acceptors (Lipinski definition) is 3. The van der Waals surface area contributed by atoms with Crippen LogP contribution in [0.1, 0.15) is 38.5 Å². The van der Waals surface area contributed by atoms with Crippen LogP contribution in [0.25, 0.3) is 0 Å². The second kappa shape index (κ2) is 6.73. The van der Waals surface area contributed by atoms with Gasteiger partial charge in [0.05, 0.1) is 0 Å². The molecule has 2 saturated heterocycles. The first-order valence-corrected chi connectivity index (χ1v) is 7.03. The van der Waals surface area contributed by atoms with E-state index in [1.165, 1.54) is 0 Å². The first kappa shape index (κ1) is 13.3. The summed E-state index contributed by atoms with van der Waals surface area (Å²) in [6.07, 6.45) is 5.40. The lowest BCUT2D eigenvalue weighted by molar-refractivity contribution is -0.130. The monoisotopic (exact) mass is 253 g/mol. The molecule has 2 amide bonds. The van der Waals surface area contributed by atoms with Crippen molar-refractivity contribution in [1.29, 1.82) is 0 Å². The molecule has 0 aromatic carbocycles. The molecule has 0 aromatic heterocycles. The van der Waals surface area contributed by atoms with E-state index in [2.05, 4.69) is 10.6 Å². The van der Waals surface area contributed by atoms with E-state index in [0.29, 0.717) is 19.4 Å². The SMILES string of the molecule is O=C1CC(NCCC(=O)N2CCCC2)CCCN1. The molecule has 2 fully saturated rings. The van der Waals surface area contributed by atoms with Crippen LogP contribution in [0.4, 0.5) is 0 Å². The molecule has 0 bridgehead atoms. The average Bonchev–Trinajstić information content (AvgIpc) is 2.80. The van der Waals surface area contributed by atoms with Gasteiger partial charge in [0.2, 0.25) is 11.8 Å². The maximum absolute atomic E-state index is 11.8. The third-order valence-electron chi connectivity index (χ3n) is 3.71. The molecule has 0 radical (unpaired) electrons. The van der Waals surface area contributed by atoms with Crippen molar-refractivity contribution in [2.24, 2.45) is 0 Å². The van der Waals surface area contributed by atoms with Crippen molar-refractivity contribution in [3.8, 4) is 0 Å². The van der Waals surface area contributed by atoms with Crippen LogP contribution < -0.4 is 10.6 Å². The summed E-state index contributed by atoms with van der Waals surface area (Å²) >= 11 is 0. The van der Waals surface area contributed by atoms with E-state index >= 15 is 0 Å². The van der Waals surface area contributed by atoms with Crippen molar-refractivity contribution in [3.05, 3.63) is 0 Å². The molecular weight excluding hydrogens is 230 g/mol. The third-order valence-corrected chi connectivity index (χ3v) is 3.71. The summed E-state index contributed by atoms with van der Waals surface area (Å²) in [5, 5.41) is 6.20. The summed E-state index contributed by atoms with van der Waals surface area (Å²) in [7, 11) is 0. The smallest absolute Gasteiger partial charge is 0.223 e. The number of rotatable bonds is 4. The van der Waals surface area contributed by atoms with E-state index in [1.54, 1.807) is 0 Å². The molecule has 2 N–H and O–H groups in total. The van der Waals surface area contributed by atoms with Crippen molar-refractivity contribution < 1.29 is 9.59 Å². The molecule has 5 heteroatoms. The minimum Gasteiger partial charge on any atom is -0.356 e. The van der Waals surface area contributed by atoms with Crippen LogP contribution in [0.3, 0.4) is 0 Å². The van der Waals surface area contributed by atoms with Gasteiger partial charge >= 0.3 is 0 Å². The Kier molecular flexibility index (Phi) is 4.99. The highest BCUT2D eigenvalue weighted by molar-refractivity contribution is 5.77. The lowest BCUT2D eigenvalue weighted by Crippen LogP contribution is -2.36. The second-order valence-electron chi connectivity index (χ2n) is 5.19. The van der Waals surface area contributed by atoms with Gasteiger partial charge in [-0.3, -0.25) is 9.59 Å². The van der Waals surface area contributed by atoms with Gasteiger partial charge < -0.3 is 15.5 Å². The van der Waals surface area contributed by atoms with Crippen molar-refractivity contribution >= 4 is 11.8 Å². The Balaban J connectivity index is 1.64. The normalized spacial score (nSPS) is 24.8. The van der Waals surface area contributed by atoms with Crippen molar-refractivity contribution in [1.82, 2.24) is 15.5 Å². The van der Waals surface area contributed by atoms with Gasteiger partial charge in [0.15, 0.2) is 0 Å². The van der Waals surface area contributed by atoms with Gasteiger partial charge in [-0.15, -0.1) is 0 Å². The highest BCUT2D eigenvalue weighted by Gasteiger charge is 2.19. The molecular formula is C13H23N3O2. The topological polar surface area (TPSA) is 61.4 Å². The van der Waals surface area contributed by atoms with E-state index in [1.807, 2.05) is 4.90 Å². The maximum Gasteiger partial charge on any atom is 0.223 e. The van der Waals surface area contributed by atoms with Crippen molar-refractivity contribution in [2.75, 3.05) is 26.2 Å². The Labute approximate surface area is 108 Å². The van der Waals surface area contributed by atoms with Crippen LogP contribution in [0.5, 0.6) is 0 Å². The Hall–Kier alpha value is -1.10. The van der Waals surface area contributed by atoms with E-state index in [0.717, 1.165) is 45.3 Å². The van der Waals surface area contributed by atoms with Gasteiger partial charge in [0, 0.05) is 45.1 Å². The number of likely N-dealkylation sites (tertiary alicyclic amines) is 1. The number of hydrogen-bond donors (Lipinski definition) is 2. The molecule has 2 rings (SSSR count). The van der Waals surface area contributed by atoms with Crippen LogP contribution in [0.2, 0.25) is 0 Å². The minimum absolute atomic E-state index is 0.121. The molecule has 102 valence electrons. The van der Waals surface area contributed by atoms with Gasteiger partial charge in [-0.1, -0.05) is 0 Å². The van der Waals surface area contributed by atoms with Gasteiger partial charge in [-0.25, -0.2) is 0 Å². The van der Waals surface area contributed by atoms with Crippen LogP contribution in [0, 0.1) is 0 Å². The Bertz CT molecular complexity index is 301. The molecule has 18 heavy (non-hydrogen) atoms. The highest BCUT2D eigenvalue weighted by atomic mass is 16.2. The van der Waals surface area contributed by atoms with Crippen LogP contribution >= 0.6 is 0 Å². The second-order valence-corrected chi connectivity index (χ2v) is 5.19. The Morgan fingerprint density at radius 1 is 1.33 bits per heavy atom. The van der Waals surface area contributed by atoms with E-state index in [4.69, 9.17) is 0 Å².